The zero-order valence-corrected chi connectivity index (χ0v) is 16.3. The van der Waals surface area contributed by atoms with E-state index in [1.165, 1.54) is 31.4 Å². The minimum atomic E-state index is -1.30. The summed E-state index contributed by atoms with van der Waals surface area (Å²) in [5.74, 6) is 0. The van der Waals surface area contributed by atoms with Crippen molar-refractivity contribution in [1.82, 2.24) is 0 Å². The Balaban J connectivity index is 2.30. The minimum Gasteiger partial charge on any atom is -0.379 e. The standard InChI is InChI=1S/C16H34O2Si2/c1-7-8-11-19(3,4)15(2)20(5,6)12-9-10-17-13-16-14-18-16/h16H,2,7-14H2,1,3-6H3. The zero-order valence-electron chi connectivity index (χ0n) is 14.3. The van der Waals surface area contributed by atoms with E-state index in [1.54, 1.807) is 4.82 Å². The number of unbranched alkanes of at least 4 members (excludes halogenated alkanes) is 1. The summed E-state index contributed by atoms with van der Waals surface area (Å²) in [6.45, 7) is 19.4. The van der Waals surface area contributed by atoms with Crippen LogP contribution in [-0.2, 0) is 9.47 Å². The SMILES string of the molecule is C=C([Si](C)(C)CCCC)[Si](C)(C)CCCOCC1CO1. The Hall–Kier alpha value is 0.0938. The largest absolute Gasteiger partial charge is 0.379 e. The maximum atomic E-state index is 5.66. The van der Waals surface area contributed by atoms with Crippen molar-refractivity contribution in [3.8, 4) is 0 Å². The Bertz CT molecular complexity index is 310. The molecular weight excluding hydrogens is 280 g/mol. The molecule has 0 N–H and O–H groups in total. The molecule has 0 amide bonds. The lowest BCUT2D eigenvalue weighted by Crippen LogP contribution is -2.43. The first-order valence-electron chi connectivity index (χ1n) is 8.19. The van der Waals surface area contributed by atoms with Crippen LogP contribution in [0.4, 0.5) is 0 Å². The van der Waals surface area contributed by atoms with Crippen molar-refractivity contribution in [2.75, 3.05) is 19.8 Å². The fourth-order valence-electron chi connectivity index (χ4n) is 2.83. The molecule has 1 aliphatic rings. The second-order valence-corrected chi connectivity index (χ2v) is 17.7. The molecule has 0 aromatic carbocycles. The molecule has 0 spiro atoms. The van der Waals surface area contributed by atoms with Gasteiger partial charge in [0.05, 0.1) is 29.4 Å². The highest BCUT2D eigenvalue weighted by atomic mass is 28.4. The molecule has 1 heterocycles. The molecule has 118 valence electrons. The van der Waals surface area contributed by atoms with Crippen LogP contribution in [-0.4, -0.2) is 42.1 Å². The zero-order chi connectivity index (χ0) is 15.2. The van der Waals surface area contributed by atoms with E-state index >= 15 is 0 Å². The van der Waals surface area contributed by atoms with Crippen LogP contribution in [0.25, 0.3) is 0 Å². The van der Waals surface area contributed by atoms with Crippen LogP contribution in [0.1, 0.15) is 26.2 Å². The molecule has 1 fully saturated rings. The number of hydrogen-bond acceptors (Lipinski definition) is 2. The molecular formula is C16H34O2Si2. The van der Waals surface area contributed by atoms with Gasteiger partial charge in [-0.1, -0.05) is 62.9 Å². The fourth-order valence-corrected chi connectivity index (χ4v) is 13.8. The van der Waals surface area contributed by atoms with Crippen LogP contribution < -0.4 is 0 Å². The van der Waals surface area contributed by atoms with E-state index in [-0.39, 0.29) is 0 Å². The highest BCUT2D eigenvalue weighted by molar-refractivity contribution is 7.05. The molecule has 1 aliphatic heterocycles. The molecule has 1 unspecified atom stereocenters. The van der Waals surface area contributed by atoms with Crippen molar-refractivity contribution in [3.63, 3.8) is 0 Å². The second-order valence-electron chi connectivity index (χ2n) is 7.48. The minimum absolute atomic E-state index is 0.399. The quantitative estimate of drug-likeness (QED) is 0.315. The van der Waals surface area contributed by atoms with E-state index < -0.39 is 16.1 Å². The lowest BCUT2D eigenvalue weighted by molar-refractivity contribution is 0.117. The summed E-state index contributed by atoms with van der Waals surface area (Å²) in [4.78, 5) is 1.67. The van der Waals surface area contributed by atoms with Crippen molar-refractivity contribution in [2.24, 2.45) is 0 Å². The van der Waals surface area contributed by atoms with Crippen LogP contribution in [0, 0.1) is 0 Å². The van der Waals surface area contributed by atoms with Gasteiger partial charge < -0.3 is 9.47 Å². The number of rotatable bonds is 11. The van der Waals surface area contributed by atoms with Crippen molar-refractivity contribution >= 4 is 16.1 Å². The van der Waals surface area contributed by atoms with E-state index in [9.17, 15) is 0 Å². The summed E-state index contributed by atoms with van der Waals surface area (Å²) in [7, 11) is -2.53. The Labute approximate surface area is 128 Å². The molecule has 1 saturated heterocycles. The third-order valence-electron chi connectivity index (χ3n) is 4.59. The molecule has 0 saturated carbocycles. The van der Waals surface area contributed by atoms with Gasteiger partial charge in [-0.25, -0.2) is 0 Å². The van der Waals surface area contributed by atoms with Crippen molar-refractivity contribution in [2.45, 2.75) is 70.6 Å². The highest BCUT2D eigenvalue weighted by Crippen LogP contribution is 2.31. The first kappa shape index (κ1) is 18.1. The summed E-state index contributed by atoms with van der Waals surface area (Å²) in [6, 6.07) is 2.73. The van der Waals surface area contributed by atoms with E-state index in [1.807, 2.05) is 0 Å². The highest BCUT2D eigenvalue weighted by Gasteiger charge is 2.35. The average Bonchev–Trinajstić information content (AvgIpc) is 3.19. The van der Waals surface area contributed by atoms with Gasteiger partial charge in [-0.05, 0) is 6.42 Å². The number of hydrogen-bond donors (Lipinski definition) is 0. The smallest absolute Gasteiger partial charge is 0.104 e. The summed E-state index contributed by atoms with van der Waals surface area (Å²) < 4.78 is 10.8. The van der Waals surface area contributed by atoms with E-state index in [4.69, 9.17) is 9.47 Å². The van der Waals surface area contributed by atoms with Gasteiger partial charge in [-0.15, -0.1) is 6.58 Å². The summed E-state index contributed by atoms with van der Waals surface area (Å²) in [5.41, 5.74) is 0. The van der Waals surface area contributed by atoms with E-state index in [0.29, 0.717) is 6.10 Å². The van der Waals surface area contributed by atoms with E-state index in [0.717, 1.165) is 19.8 Å². The van der Waals surface area contributed by atoms with Gasteiger partial charge in [0.25, 0.3) is 0 Å². The molecule has 1 rings (SSSR count). The van der Waals surface area contributed by atoms with Gasteiger partial charge in [0.1, 0.15) is 6.10 Å². The summed E-state index contributed by atoms with van der Waals surface area (Å²) in [6.07, 6.45) is 4.26. The fraction of sp³-hybridized carbons (Fsp3) is 0.875. The normalized spacial score (nSPS) is 19.1. The van der Waals surface area contributed by atoms with Gasteiger partial charge in [-0.2, -0.15) is 0 Å². The second kappa shape index (κ2) is 7.92. The molecule has 20 heavy (non-hydrogen) atoms. The molecule has 0 bridgehead atoms. The molecule has 0 aromatic heterocycles. The molecule has 2 nitrogen and oxygen atoms in total. The van der Waals surface area contributed by atoms with Gasteiger partial charge in [0.15, 0.2) is 0 Å². The van der Waals surface area contributed by atoms with Crippen molar-refractivity contribution in [1.29, 1.82) is 0 Å². The van der Waals surface area contributed by atoms with Crippen LogP contribution in [0.5, 0.6) is 0 Å². The lowest BCUT2D eigenvalue weighted by atomic mass is 10.4. The van der Waals surface area contributed by atoms with Crippen LogP contribution in [0.2, 0.25) is 38.3 Å². The number of ether oxygens (including phenoxy) is 2. The summed E-state index contributed by atoms with van der Waals surface area (Å²) in [5, 5.41) is 0. The topological polar surface area (TPSA) is 21.8 Å². The van der Waals surface area contributed by atoms with Crippen LogP contribution in [0.3, 0.4) is 0 Å². The predicted molar refractivity (Wildman–Crippen MR) is 93.8 cm³/mol. The maximum absolute atomic E-state index is 5.66. The average molecular weight is 315 g/mol. The molecule has 0 aromatic rings. The van der Waals surface area contributed by atoms with Gasteiger partial charge in [0.2, 0.25) is 0 Å². The first-order valence-corrected chi connectivity index (χ1v) is 14.6. The third-order valence-corrected chi connectivity index (χ3v) is 15.1. The van der Waals surface area contributed by atoms with Crippen LogP contribution >= 0.6 is 0 Å². The molecule has 4 heteroatoms. The summed E-state index contributed by atoms with van der Waals surface area (Å²) >= 11 is 0. The van der Waals surface area contributed by atoms with Gasteiger partial charge in [-0.3, -0.25) is 0 Å². The third kappa shape index (κ3) is 6.25. The van der Waals surface area contributed by atoms with Gasteiger partial charge in [0, 0.05) is 6.61 Å². The predicted octanol–water partition coefficient (Wildman–Crippen LogP) is 4.64. The van der Waals surface area contributed by atoms with Crippen molar-refractivity contribution in [3.05, 3.63) is 11.4 Å². The van der Waals surface area contributed by atoms with Crippen LogP contribution in [0.15, 0.2) is 11.4 Å². The molecule has 0 radical (unpaired) electrons. The molecule has 1 atom stereocenters. The lowest BCUT2D eigenvalue weighted by Gasteiger charge is -2.36. The maximum Gasteiger partial charge on any atom is 0.104 e. The first-order chi connectivity index (χ1) is 9.29. The van der Waals surface area contributed by atoms with E-state index in [2.05, 4.69) is 39.7 Å². The Kier molecular flexibility index (Phi) is 7.18. The Morgan fingerprint density at radius 2 is 1.70 bits per heavy atom. The van der Waals surface area contributed by atoms with Crippen molar-refractivity contribution < 1.29 is 9.47 Å². The molecule has 0 aliphatic carbocycles. The monoisotopic (exact) mass is 314 g/mol. The number of epoxide rings is 1. The Morgan fingerprint density at radius 3 is 2.20 bits per heavy atom. The van der Waals surface area contributed by atoms with Gasteiger partial charge >= 0.3 is 0 Å². The Morgan fingerprint density at radius 1 is 1.15 bits per heavy atom.